The molecule has 0 aliphatic rings. The fraction of sp³-hybridized carbons (Fsp3) is 0.556. The Morgan fingerprint density at radius 2 is 2.00 bits per heavy atom. The average Bonchev–Trinajstić information content (AvgIpc) is 2.25. The van der Waals surface area contributed by atoms with E-state index >= 15 is 0 Å². The molecule has 1 rings (SSSR count). The molecule has 0 spiro atoms. The molecule has 0 amide bonds. The van der Waals surface area contributed by atoms with Gasteiger partial charge in [0.05, 0.1) is 0 Å². The molecule has 0 saturated carbocycles. The quantitative estimate of drug-likeness (QED) is 0.821. The maximum absolute atomic E-state index is 12.2. The summed E-state index contributed by atoms with van der Waals surface area (Å²) in [5.74, 6) is 1.33. The van der Waals surface area contributed by atoms with Gasteiger partial charge in [0.25, 0.3) is 0 Å². The molecule has 0 unspecified atom stereocenters. The number of anilines is 1. The fourth-order valence-corrected chi connectivity index (χ4v) is 1.48. The molecule has 0 fully saturated rings. The monoisotopic (exact) mass is 251 g/mol. The molecular weight excluding hydrogens is 239 g/mol. The van der Waals surface area contributed by atoms with E-state index in [4.69, 9.17) is 0 Å². The number of rotatable bonds is 4. The Morgan fingerprint density at radius 1 is 1.31 bits per heavy atom. The van der Waals surface area contributed by atoms with Crippen molar-refractivity contribution in [3.63, 3.8) is 0 Å². The molecule has 1 aromatic rings. The van der Waals surface area contributed by atoms with Crippen molar-refractivity contribution in [3.8, 4) is 0 Å². The minimum absolute atomic E-state index is 0.446. The van der Waals surface area contributed by atoms with Gasteiger partial charge in [-0.2, -0.15) is 24.9 Å². The van der Waals surface area contributed by atoms with Crippen LogP contribution in [0.25, 0.3) is 0 Å². The number of hydrogen-bond donors (Lipinski definition) is 0. The third-order valence-electron chi connectivity index (χ3n) is 1.96. The highest BCUT2D eigenvalue weighted by molar-refractivity contribution is 7.98. The zero-order valence-corrected chi connectivity index (χ0v) is 9.77. The van der Waals surface area contributed by atoms with Crippen LogP contribution in [0, 0.1) is 0 Å². The van der Waals surface area contributed by atoms with Crippen molar-refractivity contribution in [2.75, 3.05) is 30.5 Å². The van der Waals surface area contributed by atoms with E-state index in [9.17, 15) is 13.2 Å². The van der Waals surface area contributed by atoms with E-state index in [-0.39, 0.29) is 0 Å². The Bertz CT molecular complexity index is 326. The fourth-order valence-electron chi connectivity index (χ4n) is 1.02. The number of halogens is 3. The highest BCUT2D eigenvalue weighted by Crippen LogP contribution is 2.27. The van der Waals surface area contributed by atoms with Crippen LogP contribution >= 0.6 is 11.8 Å². The highest BCUT2D eigenvalue weighted by atomic mass is 32.2. The van der Waals surface area contributed by atoms with Crippen molar-refractivity contribution < 1.29 is 13.2 Å². The van der Waals surface area contributed by atoms with Crippen molar-refractivity contribution >= 4 is 17.6 Å². The molecule has 0 aliphatic carbocycles. The molecule has 0 radical (unpaired) electrons. The molecule has 0 aliphatic heterocycles. The normalized spacial score (nSPS) is 11.6. The van der Waals surface area contributed by atoms with E-state index in [2.05, 4.69) is 10.2 Å². The minimum Gasteiger partial charge on any atom is -0.357 e. The Hall–Kier alpha value is -0.980. The van der Waals surface area contributed by atoms with E-state index in [1.54, 1.807) is 23.7 Å². The Kier molecular flexibility index (Phi) is 4.40. The number of aromatic nitrogens is 2. The lowest BCUT2D eigenvalue weighted by Crippen LogP contribution is -2.22. The third kappa shape index (κ3) is 3.55. The SMILES string of the molecule is CSCCN(C)c1ccc(C(F)(F)F)nn1. The Labute approximate surface area is 96.0 Å². The first-order valence-electron chi connectivity index (χ1n) is 4.56. The summed E-state index contributed by atoms with van der Waals surface area (Å²) in [6.07, 6.45) is -2.46. The molecule has 1 aromatic heterocycles. The first-order chi connectivity index (χ1) is 7.45. The minimum atomic E-state index is -4.43. The van der Waals surface area contributed by atoms with Crippen LogP contribution in [-0.2, 0) is 6.18 Å². The largest absolute Gasteiger partial charge is 0.435 e. The van der Waals surface area contributed by atoms with Crippen LogP contribution in [0.2, 0.25) is 0 Å². The molecule has 90 valence electrons. The number of thioether (sulfide) groups is 1. The summed E-state index contributed by atoms with van der Waals surface area (Å²) in [6.45, 7) is 0.723. The van der Waals surface area contributed by atoms with E-state index in [1.165, 1.54) is 6.07 Å². The smallest absolute Gasteiger partial charge is 0.357 e. The van der Waals surface area contributed by atoms with Crippen molar-refractivity contribution in [2.24, 2.45) is 0 Å². The lowest BCUT2D eigenvalue weighted by molar-refractivity contribution is -0.141. The van der Waals surface area contributed by atoms with Crippen LogP contribution in [0.1, 0.15) is 5.69 Å². The van der Waals surface area contributed by atoms with Gasteiger partial charge in [0.15, 0.2) is 11.5 Å². The molecular formula is C9H12F3N3S. The molecule has 0 N–H and O–H groups in total. The van der Waals surface area contributed by atoms with Gasteiger partial charge in [-0.05, 0) is 18.4 Å². The topological polar surface area (TPSA) is 29.0 Å². The zero-order chi connectivity index (χ0) is 12.2. The van der Waals surface area contributed by atoms with Gasteiger partial charge in [-0.25, -0.2) is 0 Å². The summed E-state index contributed by atoms with van der Waals surface area (Å²) in [5, 5.41) is 6.70. The van der Waals surface area contributed by atoms with Gasteiger partial charge in [0.1, 0.15) is 0 Å². The standard InChI is InChI=1S/C9H12F3N3S/c1-15(5-6-16-2)8-4-3-7(13-14-8)9(10,11)12/h3-4H,5-6H2,1-2H3. The van der Waals surface area contributed by atoms with Gasteiger partial charge < -0.3 is 4.90 Å². The molecule has 0 saturated heterocycles. The third-order valence-corrected chi connectivity index (χ3v) is 2.55. The van der Waals surface area contributed by atoms with Gasteiger partial charge in [-0.3, -0.25) is 0 Å². The van der Waals surface area contributed by atoms with Crippen LogP contribution < -0.4 is 4.90 Å². The number of alkyl halides is 3. The maximum Gasteiger partial charge on any atom is 0.435 e. The lowest BCUT2D eigenvalue weighted by atomic mass is 10.3. The molecule has 3 nitrogen and oxygen atoms in total. The lowest BCUT2D eigenvalue weighted by Gasteiger charge is -2.16. The maximum atomic E-state index is 12.2. The van der Waals surface area contributed by atoms with Gasteiger partial charge in [-0.1, -0.05) is 0 Å². The second kappa shape index (κ2) is 5.38. The van der Waals surface area contributed by atoms with E-state index in [0.29, 0.717) is 5.82 Å². The van der Waals surface area contributed by atoms with Gasteiger partial charge in [0, 0.05) is 19.3 Å². The molecule has 0 aromatic carbocycles. The predicted molar refractivity (Wildman–Crippen MR) is 58.7 cm³/mol. The molecule has 7 heteroatoms. The van der Waals surface area contributed by atoms with Crippen LogP contribution in [-0.4, -0.2) is 35.8 Å². The van der Waals surface area contributed by atoms with Crippen molar-refractivity contribution in [3.05, 3.63) is 17.8 Å². The summed E-state index contributed by atoms with van der Waals surface area (Å²) in [6, 6.07) is 2.27. The second-order valence-electron chi connectivity index (χ2n) is 3.19. The molecule has 1 heterocycles. The molecule has 0 atom stereocenters. The van der Waals surface area contributed by atoms with E-state index < -0.39 is 11.9 Å². The van der Waals surface area contributed by atoms with Crippen LogP contribution in [0.15, 0.2) is 12.1 Å². The first kappa shape index (κ1) is 13.1. The predicted octanol–water partition coefficient (Wildman–Crippen LogP) is 2.29. The average molecular weight is 251 g/mol. The van der Waals surface area contributed by atoms with Crippen LogP contribution in [0.3, 0.4) is 0 Å². The summed E-state index contributed by atoms with van der Waals surface area (Å²) in [7, 11) is 1.77. The van der Waals surface area contributed by atoms with Crippen molar-refractivity contribution in [2.45, 2.75) is 6.18 Å². The van der Waals surface area contributed by atoms with Gasteiger partial charge in [-0.15, -0.1) is 10.2 Å². The van der Waals surface area contributed by atoms with Crippen LogP contribution in [0.4, 0.5) is 19.0 Å². The summed E-state index contributed by atoms with van der Waals surface area (Å²) >= 11 is 1.66. The van der Waals surface area contributed by atoms with Crippen LogP contribution in [0.5, 0.6) is 0 Å². The van der Waals surface area contributed by atoms with Crippen molar-refractivity contribution in [1.82, 2.24) is 10.2 Å². The second-order valence-corrected chi connectivity index (χ2v) is 4.17. The van der Waals surface area contributed by atoms with E-state index in [0.717, 1.165) is 18.4 Å². The Morgan fingerprint density at radius 3 is 2.44 bits per heavy atom. The zero-order valence-electron chi connectivity index (χ0n) is 8.95. The highest BCUT2D eigenvalue weighted by Gasteiger charge is 2.32. The summed E-state index contributed by atoms with van der Waals surface area (Å²) < 4.78 is 36.6. The Balaban J connectivity index is 2.71. The number of hydrogen-bond acceptors (Lipinski definition) is 4. The molecule has 0 bridgehead atoms. The van der Waals surface area contributed by atoms with Gasteiger partial charge >= 0.3 is 6.18 Å². The van der Waals surface area contributed by atoms with E-state index in [1.807, 2.05) is 6.26 Å². The number of nitrogens with zero attached hydrogens (tertiary/aromatic N) is 3. The molecule has 16 heavy (non-hydrogen) atoms. The summed E-state index contributed by atoms with van der Waals surface area (Å²) in [5.41, 5.74) is -0.963. The van der Waals surface area contributed by atoms with Crippen molar-refractivity contribution in [1.29, 1.82) is 0 Å². The first-order valence-corrected chi connectivity index (χ1v) is 5.95. The summed E-state index contributed by atoms with van der Waals surface area (Å²) in [4.78, 5) is 1.77. The van der Waals surface area contributed by atoms with Gasteiger partial charge in [0.2, 0.25) is 0 Å².